The summed E-state index contributed by atoms with van der Waals surface area (Å²) in [7, 11) is 4.63. The van der Waals surface area contributed by atoms with Crippen LogP contribution in [0.15, 0.2) is 0 Å². The predicted octanol–water partition coefficient (Wildman–Crippen LogP) is 0.244. The molecule has 0 aromatic heterocycles. The fourth-order valence-corrected chi connectivity index (χ4v) is 4.97. The van der Waals surface area contributed by atoms with Crippen molar-refractivity contribution in [1.82, 2.24) is 20.4 Å². The maximum atomic E-state index is 13.5. The van der Waals surface area contributed by atoms with Crippen molar-refractivity contribution in [1.29, 1.82) is 0 Å². The molecule has 4 amide bonds. The monoisotopic (exact) mass is 528 g/mol. The van der Waals surface area contributed by atoms with Crippen molar-refractivity contribution in [2.75, 3.05) is 40.9 Å². The van der Waals surface area contributed by atoms with Crippen molar-refractivity contribution in [3.05, 3.63) is 0 Å². The van der Waals surface area contributed by atoms with Crippen molar-refractivity contribution in [2.45, 2.75) is 77.7 Å². The number of carbonyl (C=O) groups excluding carboxylic acids is 4. The number of hydrogen-bond acceptors (Lipinski definition) is 7. The second-order valence-electron chi connectivity index (χ2n) is 9.67. The summed E-state index contributed by atoms with van der Waals surface area (Å²) in [5.41, 5.74) is 0. The zero-order chi connectivity index (χ0) is 28.3. The smallest absolute Gasteiger partial charge is 0.322 e. The van der Waals surface area contributed by atoms with Crippen LogP contribution >= 0.6 is 0 Å². The number of hydrogen-bond donors (Lipinski definition) is 3. The van der Waals surface area contributed by atoms with Crippen molar-refractivity contribution in [3.63, 3.8) is 0 Å². The van der Waals surface area contributed by atoms with Crippen molar-refractivity contribution >= 4 is 29.6 Å². The lowest BCUT2D eigenvalue weighted by molar-refractivity contribution is -0.146. The van der Waals surface area contributed by atoms with Crippen LogP contribution in [0.5, 0.6) is 0 Å². The Morgan fingerprint density at radius 2 is 1.73 bits per heavy atom. The molecule has 0 radical (unpaired) electrons. The molecule has 12 heteroatoms. The summed E-state index contributed by atoms with van der Waals surface area (Å²) in [4.78, 5) is 64.1. The van der Waals surface area contributed by atoms with Crippen molar-refractivity contribution in [2.24, 2.45) is 11.8 Å². The van der Waals surface area contributed by atoms with E-state index in [4.69, 9.17) is 14.6 Å². The number of aliphatic carboxylic acids is 1. The number of carbonyl (C=O) groups is 5. The third kappa shape index (κ3) is 9.26. The van der Waals surface area contributed by atoms with Crippen LogP contribution in [0.25, 0.3) is 0 Å². The van der Waals surface area contributed by atoms with Gasteiger partial charge in [-0.2, -0.15) is 0 Å². The summed E-state index contributed by atoms with van der Waals surface area (Å²) in [6.07, 6.45) is 0.942. The quantitative estimate of drug-likeness (QED) is 0.273. The highest BCUT2D eigenvalue weighted by Gasteiger charge is 2.41. The number of amides is 4. The maximum absolute atomic E-state index is 13.5. The van der Waals surface area contributed by atoms with Gasteiger partial charge in [-0.15, -0.1) is 0 Å². The molecule has 1 heterocycles. The van der Waals surface area contributed by atoms with Crippen LogP contribution in [0.4, 0.5) is 0 Å². The molecular weight excluding hydrogens is 484 g/mol. The van der Waals surface area contributed by atoms with Gasteiger partial charge in [0.15, 0.2) is 0 Å². The molecule has 1 rings (SSSR count). The molecule has 0 aliphatic carbocycles. The summed E-state index contributed by atoms with van der Waals surface area (Å²) < 4.78 is 11.4. The molecule has 0 spiro atoms. The highest BCUT2D eigenvalue weighted by Crippen LogP contribution is 2.29. The van der Waals surface area contributed by atoms with Gasteiger partial charge in [-0.05, 0) is 18.8 Å². The van der Waals surface area contributed by atoms with E-state index in [1.165, 1.54) is 21.1 Å². The molecule has 1 aliphatic rings. The van der Waals surface area contributed by atoms with Crippen LogP contribution < -0.4 is 10.6 Å². The SMILES string of the molecule is CCC(C)C(C(CC(=O)N1CCCC1C(OC)C(C)C(=O)NCC(=O)O)OC)N(C)C(=O)CNC(C)=O. The molecule has 0 bridgehead atoms. The summed E-state index contributed by atoms with van der Waals surface area (Å²) in [6.45, 7) is 6.83. The first-order valence-corrected chi connectivity index (χ1v) is 12.7. The van der Waals surface area contributed by atoms with Crippen molar-refractivity contribution in [3.8, 4) is 0 Å². The molecule has 1 saturated heterocycles. The van der Waals surface area contributed by atoms with E-state index in [-0.39, 0.29) is 42.6 Å². The minimum absolute atomic E-state index is 0.0167. The third-order valence-electron chi connectivity index (χ3n) is 7.21. The molecule has 6 atom stereocenters. The van der Waals surface area contributed by atoms with Gasteiger partial charge in [-0.3, -0.25) is 24.0 Å². The molecule has 0 saturated carbocycles. The zero-order valence-electron chi connectivity index (χ0n) is 23.1. The largest absolute Gasteiger partial charge is 0.480 e. The minimum atomic E-state index is -1.14. The van der Waals surface area contributed by atoms with E-state index in [2.05, 4.69) is 10.6 Å². The number of likely N-dealkylation sites (tertiary alicyclic amines) is 1. The number of carboxylic acids is 1. The van der Waals surface area contributed by atoms with Crippen molar-refractivity contribution < 1.29 is 38.6 Å². The average Bonchev–Trinajstić information content (AvgIpc) is 3.34. The van der Waals surface area contributed by atoms with E-state index in [0.717, 1.165) is 12.8 Å². The molecule has 12 nitrogen and oxygen atoms in total. The maximum Gasteiger partial charge on any atom is 0.322 e. The lowest BCUT2D eigenvalue weighted by atomic mass is 9.90. The Labute approximate surface area is 219 Å². The van der Waals surface area contributed by atoms with Crippen LogP contribution in [0.1, 0.15) is 53.4 Å². The third-order valence-corrected chi connectivity index (χ3v) is 7.21. The zero-order valence-corrected chi connectivity index (χ0v) is 23.1. The van der Waals surface area contributed by atoms with E-state index in [1.54, 1.807) is 23.8 Å². The molecule has 1 aliphatic heterocycles. The second-order valence-corrected chi connectivity index (χ2v) is 9.67. The highest BCUT2D eigenvalue weighted by molar-refractivity contribution is 5.84. The first-order chi connectivity index (χ1) is 17.4. The van der Waals surface area contributed by atoms with Gasteiger partial charge < -0.3 is 35.0 Å². The van der Waals surface area contributed by atoms with Gasteiger partial charge in [0, 0.05) is 34.7 Å². The van der Waals surface area contributed by atoms with Crippen LogP contribution in [0.3, 0.4) is 0 Å². The summed E-state index contributed by atoms with van der Waals surface area (Å²) >= 11 is 0. The number of ether oxygens (including phenoxy) is 2. The number of methoxy groups -OCH3 is 2. The molecule has 3 N–H and O–H groups in total. The number of rotatable bonds is 15. The number of likely N-dealkylation sites (N-methyl/N-ethyl adjacent to an activating group) is 1. The van der Waals surface area contributed by atoms with Gasteiger partial charge in [0.25, 0.3) is 0 Å². The predicted molar refractivity (Wildman–Crippen MR) is 135 cm³/mol. The Bertz CT molecular complexity index is 808. The standard InChI is InChI=1S/C25H44N4O8/c1-8-15(2)23(28(5)21(32)13-26-17(4)30)19(36-6)12-20(31)29-11-9-10-18(29)24(37-7)16(3)25(35)27-14-22(33)34/h15-16,18-19,23-24H,8-14H2,1-7H3,(H,26,30)(H,27,35)(H,33,34). The Morgan fingerprint density at radius 3 is 2.24 bits per heavy atom. The highest BCUT2D eigenvalue weighted by atomic mass is 16.5. The topological polar surface area (TPSA) is 155 Å². The van der Waals surface area contributed by atoms with E-state index < -0.39 is 42.6 Å². The van der Waals surface area contributed by atoms with E-state index in [9.17, 15) is 24.0 Å². The Morgan fingerprint density at radius 1 is 1.08 bits per heavy atom. The number of nitrogens with one attached hydrogen (secondary N) is 2. The van der Waals surface area contributed by atoms with Gasteiger partial charge in [0.05, 0.1) is 43.2 Å². The fraction of sp³-hybridized carbons (Fsp3) is 0.800. The number of carboxylic acid groups (broad SMARTS) is 1. The second kappa shape index (κ2) is 15.5. The van der Waals surface area contributed by atoms with Gasteiger partial charge in [-0.1, -0.05) is 27.2 Å². The Hall–Kier alpha value is -2.73. The van der Waals surface area contributed by atoms with Crippen LogP contribution in [0.2, 0.25) is 0 Å². The van der Waals surface area contributed by atoms with Gasteiger partial charge in [0.1, 0.15) is 6.54 Å². The molecule has 212 valence electrons. The summed E-state index contributed by atoms with van der Waals surface area (Å²) in [6, 6.07) is -0.762. The fourth-order valence-electron chi connectivity index (χ4n) is 4.97. The van der Waals surface area contributed by atoms with Gasteiger partial charge in [-0.25, -0.2) is 0 Å². The Balaban J connectivity index is 3.04. The lowest BCUT2D eigenvalue weighted by Gasteiger charge is -2.39. The summed E-state index contributed by atoms with van der Waals surface area (Å²) in [5, 5.41) is 13.7. The molecular formula is C25H44N4O8. The van der Waals surface area contributed by atoms with Crippen LogP contribution in [0, 0.1) is 11.8 Å². The van der Waals surface area contributed by atoms with Crippen LogP contribution in [-0.2, 0) is 33.4 Å². The normalized spacial score (nSPS) is 19.3. The van der Waals surface area contributed by atoms with E-state index in [0.29, 0.717) is 13.0 Å². The van der Waals surface area contributed by atoms with Gasteiger partial charge >= 0.3 is 5.97 Å². The Kier molecular flexibility index (Phi) is 13.5. The van der Waals surface area contributed by atoms with Crippen LogP contribution in [-0.4, -0.2) is 110 Å². The molecule has 1 fully saturated rings. The van der Waals surface area contributed by atoms with Gasteiger partial charge in [0.2, 0.25) is 23.6 Å². The average molecular weight is 529 g/mol. The minimum Gasteiger partial charge on any atom is -0.480 e. The first kappa shape index (κ1) is 32.3. The van der Waals surface area contributed by atoms with E-state index in [1.807, 2.05) is 13.8 Å². The molecule has 6 unspecified atom stereocenters. The van der Waals surface area contributed by atoms with E-state index >= 15 is 0 Å². The number of nitrogens with zero attached hydrogens (tertiary/aromatic N) is 2. The molecule has 0 aromatic carbocycles. The molecule has 0 aromatic rings. The first-order valence-electron chi connectivity index (χ1n) is 12.7. The lowest BCUT2D eigenvalue weighted by Crippen LogP contribution is -2.54. The summed E-state index contributed by atoms with van der Waals surface area (Å²) in [5.74, 6) is -3.03. The molecule has 37 heavy (non-hydrogen) atoms.